The molecule has 0 aromatic carbocycles. The average Bonchev–Trinajstić information content (AvgIpc) is 2.13. The lowest BCUT2D eigenvalue weighted by Gasteiger charge is -2.12. The van der Waals surface area contributed by atoms with Crippen LogP contribution in [0.15, 0.2) is 18.2 Å². The Morgan fingerprint density at radius 2 is 2.00 bits per heavy atom. The lowest BCUT2D eigenvalue weighted by Crippen LogP contribution is -2.17. The van der Waals surface area contributed by atoms with Gasteiger partial charge in [0.15, 0.2) is 0 Å². The first-order valence-electron chi connectivity index (χ1n) is 4.64. The molecule has 0 spiro atoms. The minimum atomic E-state index is -4.15. The first kappa shape index (κ1) is 15.2. The molecule has 2 nitrogen and oxygen atoms in total. The Labute approximate surface area is 98.5 Å². The third-order valence-electron chi connectivity index (χ3n) is 2.03. The lowest BCUT2D eigenvalue weighted by atomic mass is 10.1. The van der Waals surface area contributed by atoms with E-state index in [-0.39, 0.29) is 18.8 Å². The number of nitrogens with two attached hydrogens (primary N) is 1. The predicted molar refractivity (Wildman–Crippen MR) is 58.4 cm³/mol. The maximum atomic E-state index is 11.9. The van der Waals surface area contributed by atoms with Crippen molar-refractivity contribution in [2.75, 3.05) is 0 Å². The van der Waals surface area contributed by atoms with Gasteiger partial charge < -0.3 is 5.73 Å². The summed E-state index contributed by atoms with van der Waals surface area (Å²) in [6.45, 7) is 1.78. The minimum absolute atomic E-state index is 0. The van der Waals surface area contributed by atoms with Gasteiger partial charge in [0.2, 0.25) is 0 Å². The Hall–Kier alpha value is -0.810. The normalized spacial score (nSPS) is 13.1. The number of aromatic nitrogens is 1. The van der Waals surface area contributed by atoms with Gasteiger partial charge in [-0.15, -0.1) is 12.4 Å². The Bertz CT molecular complexity index is 328. The monoisotopic (exact) mass is 254 g/mol. The molecule has 0 aliphatic carbocycles. The lowest BCUT2D eigenvalue weighted by molar-refractivity contribution is -0.136. The topological polar surface area (TPSA) is 38.9 Å². The zero-order valence-electron chi connectivity index (χ0n) is 8.79. The molecule has 0 saturated heterocycles. The summed E-state index contributed by atoms with van der Waals surface area (Å²) >= 11 is 0. The van der Waals surface area contributed by atoms with Gasteiger partial charge in [-0.05, 0) is 25.5 Å². The van der Waals surface area contributed by atoms with E-state index in [1.54, 1.807) is 25.1 Å². The van der Waals surface area contributed by atoms with Gasteiger partial charge >= 0.3 is 6.18 Å². The summed E-state index contributed by atoms with van der Waals surface area (Å²) in [5.74, 6) is 0. The van der Waals surface area contributed by atoms with Crippen LogP contribution < -0.4 is 5.73 Å². The van der Waals surface area contributed by atoms with Crippen LogP contribution in [0.3, 0.4) is 0 Å². The summed E-state index contributed by atoms with van der Waals surface area (Å²) < 4.78 is 35.8. The Kier molecular flexibility index (Phi) is 5.75. The molecule has 92 valence electrons. The molecular weight excluding hydrogens is 241 g/mol. The number of halogens is 4. The number of aryl methyl sites for hydroxylation is 1. The fourth-order valence-corrected chi connectivity index (χ4v) is 1.24. The van der Waals surface area contributed by atoms with E-state index in [0.29, 0.717) is 5.69 Å². The van der Waals surface area contributed by atoms with Crippen molar-refractivity contribution in [2.24, 2.45) is 5.73 Å². The first-order chi connectivity index (χ1) is 6.88. The van der Waals surface area contributed by atoms with Crippen LogP contribution in [0.2, 0.25) is 0 Å². The van der Waals surface area contributed by atoms with Gasteiger partial charge in [0.1, 0.15) is 0 Å². The summed E-state index contributed by atoms with van der Waals surface area (Å²) in [5, 5.41) is 0. The third-order valence-corrected chi connectivity index (χ3v) is 2.03. The molecule has 0 aliphatic rings. The molecule has 0 saturated carbocycles. The van der Waals surface area contributed by atoms with Crippen molar-refractivity contribution in [3.63, 3.8) is 0 Å². The van der Waals surface area contributed by atoms with Crippen LogP contribution in [0.5, 0.6) is 0 Å². The van der Waals surface area contributed by atoms with E-state index in [2.05, 4.69) is 4.98 Å². The summed E-state index contributed by atoms with van der Waals surface area (Å²) in [7, 11) is 0. The van der Waals surface area contributed by atoms with Crippen LogP contribution in [0, 0.1) is 6.92 Å². The second kappa shape index (κ2) is 6.06. The smallest absolute Gasteiger partial charge is 0.323 e. The zero-order chi connectivity index (χ0) is 11.5. The highest BCUT2D eigenvalue weighted by Gasteiger charge is 2.28. The van der Waals surface area contributed by atoms with E-state index < -0.39 is 18.6 Å². The molecular formula is C10H14ClF3N2. The van der Waals surface area contributed by atoms with Gasteiger partial charge in [0, 0.05) is 18.2 Å². The number of hydrogen-bond acceptors (Lipinski definition) is 2. The van der Waals surface area contributed by atoms with Gasteiger partial charge in [-0.3, -0.25) is 4.98 Å². The van der Waals surface area contributed by atoms with E-state index in [9.17, 15) is 13.2 Å². The summed E-state index contributed by atoms with van der Waals surface area (Å²) in [4.78, 5) is 4.08. The molecule has 0 unspecified atom stereocenters. The van der Waals surface area contributed by atoms with Crippen molar-refractivity contribution >= 4 is 12.4 Å². The van der Waals surface area contributed by atoms with Gasteiger partial charge in [0.25, 0.3) is 0 Å². The number of rotatable bonds is 3. The van der Waals surface area contributed by atoms with Crippen molar-refractivity contribution in [2.45, 2.75) is 32.0 Å². The Morgan fingerprint density at radius 1 is 1.38 bits per heavy atom. The third kappa shape index (κ3) is 5.32. The molecule has 1 heterocycles. The predicted octanol–water partition coefficient (Wildman–Crippen LogP) is 3.15. The van der Waals surface area contributed by atoms with E-state index >= 15 is 0 Å². The summed E-state index contributed by atoms with van der Waals surface area (Å²) in [5.41, 5.74) is 6.88. The molecule has 0 bridgehead atoms. The fourth-order valence-electron chi connectivity index (χ4n) is 1.24. The van der Waals surface area contributed by atoms with Crippen LogP contribution in [-0.2, 0) is 0 Å². The summed E-state index contributed by atoms with van der Waals surface area (Å²) in [6, 6.07) is 4.52. The molecule has 1 aromatic heterocycles. The van der Waals surface area contributed by atoms with Gasteiger partial charge in [-0.2, -0.15) is 13.2 Å². The molecule has 1 aromatic rings. The quantitative estimate of drug-likeness (QED) is 0.900. The van der Waals surface area contributed by atoms with Crippen LogP contribution in [-0.4, -0.2) is 11.2 Å². The molecule has 0 amide bonds. The Morgan fingerprint density at radius 3 is 2.50 bits per heavy atom. The van der Waals surface area contributed by atoms with Gasteiger partial charge in [0.05, 0.1) is 5.69 Å². The SMILES string of the molecule is Cc1cccc([C@@H](N)CCC(F)(F)F)n1.Cl. The molecule has 6 heteroatoms. The van der Waals surface area contributed by atoms with Crippen molar-refractivity contribution in [1.29, 1.82) is 0 Å². The summed E-state index contributed by atoms with van der Waals surface area (Å²) in [6.07, 6.45) is -5.15. The van der Waals surface area contributed by atoms with Gasteiger partial charge in [-0.25, -0.2) is 0 Å². The maximum Gasteiger partial charge on any atom is 0.389 e. The number of hydrogen-bond donors (Lipinski definition) is 1. The first-order valence-corrected chi connectivity index (χ1v) is 4.64. The number of nitrogens with zero attached hydrogens (tertiary/aromatic N) is 1. The van der Waals surface area contributed by atoms with E-state index in [1.165, 1.54) is 0 Å². The van der Waals surface area contributed by atoms with Crippen molar-refractivity contribution in [3.05, 3.63) is 29.6 Å². The van der Waals surface area contributed by atoms with Crippen molar-refractivity contribution in [3.8, 4) is 0 Å². The molecule has 0 fully saturated rings. The van der Waals surface area contributed by atoms with Crippen LogP contribution >= 0.6 is 12.4 Å². The molecule has 0 radical (unpaired) electrons. The number of pyridine rings is 1. The minimum Gasteiger partial charge on any atom is -0.323 e. The molecule has 0 aliphatic heterocycles. The fraction of sp³-hybridized carbons (Fsp3) is 0.500. The Balaban J connectivity index is 0.00000225. The number of alkyl halides is 3. The zero-order valence-corrected chi connectivity index (χ0v) is 9.61. The van der Waals surface area contributed by atoms with E-state index in [1.807, 2.05) is 0 Å². The highest BCUT2D eigenvalue weighted by molar-refractivity contribution is 5.85. The van der Waals surface area contributed by atoms with E-state index in [0.717, 1.165) is 5.69 Å². The maximum absolute atomic E-state index is 11.9. The van der Waals surface area contributed by atoms with Crippen molar-refractivity contribution in [1.82, 2.24) is 4.98 Å². The molecule has 2 N–H and O–H groups in total. The van der Waals surface area contributed by atoms with Crippen LogP contribution in [0.1, 0.15) is 30.3 Å². The van der Waals surface area contributed by atoms with E-state index in [4.69, 9.17) is 5.73 Å². The molecule has 1 atom stereocenters. The standard InChI is InChI=1S/C10H13F3N2.ClH/c1-7-3-2-4-9(15-7)8(14)5-6-10(11,12)13;/h2-4,8H,5-6,14H2,1H3;1H/t8-;/m0./s1. The van der Waals surface area contributed by atoms with Gasteiger partial charge in [-0.1, -0.05) is 6.07 Å². The molecule has 16 heavy (non-hydrogen) atoms. The average molecular weight is 255 g/mol. The highest BCUT2D eigenvalue weighted by atomic mass is 35.5. The second-order valence-electron chi connectivity index (χ2n) is 3.46. The second-order valence-corrected chi connectivity index (χ2v) is 3.46. The highest BCUT2D eigenvalue weighted by Crippen LogP contribution is 2.25. The largest absolute Gasteiger partial charge is 0.389 e. The van der Waals surface area contributed by atoms with Crippen molar-refractivity contribution < 1.29 is 13.2 Å². The van der Waals surface area contributed by atoms with Crippen LogP contribution in [0.4, 0.5) is 13.2 Å². The van der Waals surface area contributed by atoms with Crippen LogP contribution in [0.25, 0.3) is 0 Å². The molecule has 1 rings (SSSR count).